The lowest BCUT2D eigenvalue weighted by molar-refractivity contribution is -0.128. The highest BCUT2D eigenvalue weighted by Gasteiger charge is 2.27. The number of hydrogen-bond donors (Lipinski definition) is 5. The van der Waals surface area contributed by atoms with Crippen molar-refractivity contribution in [3.8, 4) is 0 Å². The Labute approximate surface area is 259 Å². The number of rotatable bonds is 16. The van der Waals surface area contributed by atoms with Gasteiger partial charge in [-0.1, -0.05) is 61.7 Å². The van der Waals surface area contributed by atoms with Gasteiger partial charge in [-0.05, 0) is 68.9 Å². The normalized spacial score (nSPS) is 12.2. The quantitative estimate of drug-likeness (QED) is 0.140. The van der Waals surface area contributed by atoms with Crippen molar-refractivity contribution in [3.63, 3.8) is 0 Å². The summed E-state index contributed by atoms with van der Waals surface area (Å²) < 4.78 is 10.4. The van der Waals surface area contributed by atoms with Gasteiger partial charge in [-0.25, -0.2) is 9.59 Å². The molecule has 5 N–H and O–H groups in total. The first-order valence-electron chi connectivity index (χ1n) is 14.5. The minimum atomic E-state index is -1.05. The monoisotopic (exact) mass is 608 g/mol. The molecule has 11 nitrogen and oxygen atoms in total. The van der Waals surface area contributed by atoms with Crippen molar-refractivity contribution < 1.29 is 33.8 Å². The molecule has 0 aliphatic heterocycles. The molecule has 2 aromatic rings. The van der Waals surface area contributed by atoms with E-state index in [0.717, 1.165) is 5.56 Å². The third-order valence-corrected chi connectivity index (χ3v) is 6.19. The highest BCUT2D eigenvalue weighted by atomic mass is 16.6. The SMILES string of the molecule is C=CC(=C)COC(=O)NC(Cc1ccccc1)C(=O)NC(CCCCNC(=O)OC(C)(C)C)C(=O)Nc1ccc(CO)cc1. The Morgan fingerprint density at radius 1 is 0.886 bits per heavy atom. The van der Waals surface area contributed by atoms with Gasteiger partial charge in [0.2, 0.25) is 11.8 Å². The number of aliphatic hydroxyl groups excluding tert-OH is 1. The number of hydrogen-bond acceptors (Lipinski definition) is 7. The second-order valence-corrected chi connectivity index (χ2v) is 11.2. The van der Waals surface area contributed by atoms with Gasteiger partial charge in [-0.15, -0.1) is 0 Å². The van der Waals surface area contributed by atoms with Gasteiger partial charge < -0.3 is 35.8 Å². The molecule has 0 bridgehead atoms. The highest BCUT2D eigenvalue weighted by Crippen LogP contribution is 2.13. The smallest absolute Gasteiger partial charge is 0.408 e. The number of carbonyl (C=O) groups is 4. The van der Waals surface area contributed by atoms with Crippen LogP contribution in [0.25, 0.3) is 0 Å². The molecule has 0 saturated heterocycles. The molecule has 2 rings (SSSR count). The van der Waals surface area contributed by atoms with Crippen molar-refractivity contribution in [1.82, 2.24) is 16.0 Å². The third kappa shape index (κ3) is 14.0. The summed E-state index contributed by atoms with van der Waals surface area (Å²) in [5.41, 5.74) is 1.84. The predicted octanol–water partition coefficient (Wildman–Crippen LogP) is 4.38. The first-order chi connectivity index (χ1) is 20.9. The summed E-state index contributed by atoms with van der Waals surface area (Å²) >= 11 is 0. The number of nitrogens with one attached hydrogen (secondary N) is 4. The molecule has 0 aliphatic carbocycles. The molecule has 2 atom stereocenters. The molecule has 0 radical (unpaired) electrons. The first-order valence-corrected chi connectivity index (χ1v) is 14.5. The topological polar surface area (TPSA) is 155 Å². The molecule has 4 amide bonds. The molecule has 238 valence electrons. The van der Waals surface area contributed by atoms with Gasteiger partial charge >= 0.3 is 12.2 Å². The Morgan fingerprint density at radius 2 is 1.57 bits per heavy atom. The number of aliphatic hydroxyl groups is 1. The molecular weight excluding hydrogens is 564 g/mol. The van der Waals surface area contributed by atoms with Crippen molar-refractivity contribution in [1.29, 1.82) is 0 Å². The molecular formula is C33H44N4O7. The minimum Gasteiger partial charge on any atom is -0.445 e. The van der Waals surface area contributed by atoms with Gasteiger partial charge in [0.1, 0.15) is 24.3 Å². The van der Waals surface area contributed by atoms with Crippen LogP contribution in [0.5, 0.6) is 0 Å². The number of anilines is 1. The highest BCUT2D eigenvalue weighted by molar-refractivity contribution is 5.98. The van der Waals surface area contributed by atoms with Crippen LogP contribution in [0.4, 0.5) is 15.3 Å². The Hall–Kier alpha value is -4.64. The summed E-state index contributed by atoms with van der Waals surface area (Å²) in [5, 5.41) is 20.2. The largest absolute Gasteiger partial charge is 0.445 e. The average Bonchev–Trinajstić information content (AvgIpc) is 2.98. The van der Waals surface area contributed by atoms with E-state index in [1.165, 1.54) is 6.08 Å². The van der Waals surface area contributed by atoms with Crippen LogP contribution in [0.2, 0.25) is 0 Å². The molecule has 0 aliphatic rings. The van der Waals surface area contributed by atoms with Gasteiger partial charge in [0.15, 0.2) is 0 Å². The van der Waals surface area contributed by atoms with Gasteiger partial charge in [0.25, 0.3) is 0 Å². The van der Waals surface area contributed by atoms with Crippen LogP contribution < -0.4 is 21.3 Å². The van der Waals surface area contributed by atoms with Crippen LogP contribution in [0.3, 0.4) is 0 Å². The van der Waals surface area contributed by atoms with Gasteiger partial charge in [0.05, 0.1) is 6.61 Å². The van der Waals surface area contributed by atoms with Crippen molar-refractivity contribution in [2.45, 2.75) is 70.7 Å². The summed E-state index contributed by atoms with van der Waals surface area (Å²) in [4.78, 5) is 51.4. The van der Waals surface area contributed by atoms with E-state index in [-0.39, 0.29) is 26.1 Å². The molecule has 2 aromatic carbocycles. The maximum Gasteiger partial charge on any atom is 0.408 e. The molecule has 0 fully saturated rings. The van der Waals surface area contributed by atoms with Crippen LogP contribution in [-0.4, -0.2) is 59.9 Å². The van der Waals surface area contributed by atoms with Crippen LogP contribution in [-0.2, 0) is 32.1 Å². The summed E-state index contributed by atoms with van der Waals surface area (Å²) in [5.74, 6) is -1.03. The Bertz CT molecular complexity index is 1260. The fourth-order valence-corrected chi connectivity index (χ4v) is 3.90. The van der Waals surface area contributed by atoms with E-state index in [9.17, 15) is 24.3 Å². The zero-order valence-electron chi connectivity index (χ0n) is 25.7. The first kappa shape index (κ1) is 35.6. The van der Waals surface area contributed by atoms with E-state index in [1.807, 2.05) is 30.3 Å². The lowest BCUT2D eigenvalue weighted by Gasteiger charge is -2.23. The number of unbranched alkanes of at least 4 members (excludes halogenated alkanes) is 1. The molecule has 0 aromatic heterocycles. The molecule has 44 heavy (non-hydrogen) atoms. The molecule has 0 heterocycles. The van der Waals surface area contributed by atoms with E-state index in [0.29, 0.717) is 36.2 Å². The molecule has 0 spiro atoms. The van der Waals surface area contributed by atoms with E-state index in [4.69, 9.17) is 9.47 Å². The van der Waals surface area contributed by atoms with E-state index < -0.39 is 41.7 Å². The zero-order chi connectivity index (χ0) is 32.5. The van der Waals surface area contributed by atoms with Crippen molar-refractivity contribution in [2.24, 2.45) is 0 Å². The number of amides is 4. The Kier molecular flexibility index (Phi) is 14.6. The molecule has 0 saturated carbocycles. The number of ether oxygens (including phenoxy) is 2. The summed E-state index contributed by atoms with van der Waals surface area (Å²) in [6, 6.07) is 13.8. The minimum absolute atomic E-state index is 0.0908. The maximum absolute atomic E-state index is 13.5. The van der Waals surface area contributed by atoms with Gasteiger partial charge in [-0.3, -0.25) is 9.59 Å². The molecule has 2 unspecified atom stereocenters. The lowest BCUT2D eigenvalue weighted by atomic mass is 10.0. The van der Waals surface area contributed by atoms with Crippen LogP contribution in [0, 0.1) is 0 Å². The van der Waals surface area contributed by atoms with Crippen LogP contribution in [0.1, 0.15) is 51.2 Å². The van der Waals surface area contributed by atoms with Crippen molar-refractivity contribution in [2.75, 3.05) is 18.5 Å². The van der Waals surface area contributed by atoms with Crippen LogP contribution in [0.15, 0.2) is 79.4 Å². The summed E-state index contributed by atoms with van der Waals surface area (Å²) in [6.45, 7) is 12.7. The second-order valence-electron chi connectivity index (χ2n) is 11.2. The van der Waals surface area contributed by atoms with E-state index in [2.05, 4.69) is 34.4 Å². The fourth-order valence-electron chi connectivity index (χ4n) is 3.90. The zero-order valence-corrected chi connectivity index (χ0v) is 25.7. The predicted molar refractivity (Wildman–Crippen MR) is 169 cm³/mol. The standard InChI is InChI=1S/C33H44N4O7/c1-6-23(2)22-43-32(42)37-28(20-24-12-8-7-9-13-24)30(40)36-27(14-10-11-19-34-31(41)44-33(3,4)5)29(39)35-26-17-15-25(21-38)16-18-26/h6-9,12-13,15-18,27-28,38H,1-2,10-11,14,19-22H2,3-5H3,(H,34,41)(H,35,39)(H,36,40)(H,37,42). The Balaban J connectivity index is 2.14. The third-order valence-electron chi connectivity index (χ3n) is 6.19. The second kappa shape index (κ2) is 18.1. The number of carbonyl (C=O) groups excluding carboxylic acids is 4. The van der Waals surface area contributed by atoms with Crippen LogP contribution >= 0.6 is 0 Å². The number of alkyl carbamates (subject to hydrolysis) is 2. The fraction of sp³-hybridized carbons (Fsp3) is 0.394. The molecule has 11 heteroatoms. The summed E-state index contributed by atoms with van der Waals surface area (Å²) in [6.07, 6.45) is 1.53. The van der Waals surface area contributed by atoms with Gasteiger partial charge in [0, 0.05) is 18.7 Å². The van der Waals surface area contributed by atoms with Crippen molar-refractivity contribution in [3.05, 3.63) is 90.5 Å². The number of benzene rings is 2. The van der Waals surface area contributed by atoms with E-state index in [1.54, 1.807) is 45.0 Å². The Morgan fingerprint density at radius 3 is 2.18 bits per heavy atom. The lowest BCUT2D eigenvalue weighted by Crippen LogP contribution is -2.53. The maximum atomic E-state index is 13.5. The van der Waals surface area contributed by atoms with E-state index >= 15 is 0 Å². The van der Waals surface area contributed by atoms with Gasteiger partial charge in [-0.2, -0.15) is 0 Å². The average molecular weight is 609 g/mol. The van der Waals surface area contributed by atoms with Crippen molar-refractivity contribution >= 4 is 29.7 Å². The summed E-state index contributed by atoms with van der Waals surface area (Å²) in [7, 11) is 0.